The summed E-state index contributed by atoms with van der Waals surface area (Å²) in [7, 11) is 0. The SMILES string of the molecule is C[C@H](NC(=O)[C@@H](N)CO)C(=O)N[C@@H](CC(=O)O)C(=O)N[C@@H](CC(=O)O)C(=O)O. The van der Waals surface area contributed by atoms with E-state index in [0.29, 0.717) is 0 Å². The molecular weight excluding hydrogens is 384 g/mol. The Kier molecular flexibility index (Phi) is 10.1. The van der Waals surface area contributed by atoms with E-state index in [-0.39, 0.29) is 0 Å². The maximum Gasteiger partial charge on any atom is 0.326 e. The van der Waals surface area contributed by atoms with Gasteiger partial charge >= 0.3 is 17.9 Å². The van der Waals surface area contributed by atoms with Crippen LogP contribution in [0.4, 0.5) is 0 Å². The lowest BCUT2D eigenvalue weighted by molar-refractivity contribution is -0.148. The summed E-state index contributed by atoms with van der Waals surface area (Å²) in [6.45, 7) is 0.502. The first-order chi connectivity index (χ1) is 12.9. The molecule has 0 aromatic heterocycles. The topological polar surface area (TPSA) is 245 Å². The molecule has 0 aliphatic rings. The molecule has 3 amide bonds. The van der Waals surface area contributed by atoms with E-state index in [4.69, 9.17) is 26.2 Å². The summed E-state index contributed by atoms with van der Waals surface area (Å²) >= 11 is 0. The summed E-state index contributed by atoms with van der Waals surface area (Å²) in [5.74, 6) is -7.82. The lowest BCUT2D eigenvalue weighted by Gasteiger charge is -2.22. The quantitative estimate of drug-likeness (QED) is 0.154. The zero-order valence-corrected chi connectivity index (χ0v) is 14.7. The fourth-order valence-corrected chi connectivity index (χ4v) is 1.80. The first-order valence-electron chi connectivity index (χ1n) is 7.83. The van der Waals surface area contributed by atoms with Crippen LogP contribution >= 0.6 is 0 Å². The molecule has 0 spiro atoms. The van der Waals surface area contributed by atoms with Crippen molar-refractivity contribution in [2.45, 2.75) is 43.9 Å². The van der Waals surface area contributed by atoms with Crippen LogP contribution < -0.4 is 21.7 Å². The molecule has 0 aliphatic heterocycles. The number of amides is 3. The fourth-order valence-electron chi connectivity index (χ4n) is 1.80. The third kappa shape index (κ3) is 8.91. The third-order valence-corrected chi connectivity index (χ3v) is 3.29. The zero-order chi connectivity index (χ0) is 22.0. The Labute approximate surface area is 158 Å². The number of hydrogen-bond donors (Lipinski definition) is 8. The van der Waals surface area contributed by atoms with E-state index < -0.39 is 79.2 Å². The fraction of sp³-hybridized carbons (Fsp3) is 0.571. The second kappa shape index (κ2) is 11.5. The largest absolute Gasteiger partial charge is 0.481 e. The number of nitrogens with one attached hydrogen (secondary N) is 3. The van der Waals surface area contributed by atoms with Crippen molar-refractivity contribution in [2.75, 3.05) is 6.61 Å². The lowest BCUT2D eigenvalue weighted by Crippen LogP contribution is -2.57. The maximum atomic E-state index is 12.1. The Balaban J connectivity index is 5.14. The molecule has 0 fully saturated rings. The van der Waals surface area contributed by atoms with Crippen LogP contribution in [0, 0.1) is 0 Å². The van der Waals surface area contributed by atoms with Crippen LogP contribution in [0.15, 0.2) is 0 Å². The van der Waals surface area contributed by atoms with E-state index >= 15 is 0 Å². The number of aliphatic hydroxyl groups excluding tert-OH is 1. The van der Waals surface area contributed by atoms with E-state index in [1.807, 2.05) is 10.6 Å². The van der Waals surface area contributed by atoms with Crippen molar-refractivity contribution in [3.63, 3.8) is 0 Å². The van der Waals surface area contributed by atoms with Gasteiger partial charge in [0.1, 0.15) is 24.2 Å². The number of hydrogen-bond acceptors (Lipinski definition) is 8. The minimum absolute atomic E-state index is 0.690. The molecule has 158 valence electrons. The number of nitrogens with two attached hydrogens (primary N) is 1. The number of rotatable bonds is 12. The molecule has 0 bridgehead atoms. The number of carboxylic acids is 3. The van der Waals surface area contributed by atoms with Gasteiger partial charge in [-0.15, -0.1) is 0 Å². The molecule has 14 nitrogen and oxygen atoms in total. The van der Waals surface area contributed by atoms with Gasteiger partial charge in [0, 0.05) is 0 Å². The summed E-state index contributed by atoms with van der Waals surface area (Å²) in [5, 5.41) is 41.2. The van der Waals surface area contributed by atoms with Crippen LogP contribution in [0.5, 0.6) is 0 Å². The number of carbonyl (C=O) groups is 6. The average molecular weight is 406 g/mol. The van der Waals surface area contributed by atoms with Crippen LogP contribution in [0.1, 0.15) is 19.8 Å². The normalized spacial score (nSPS) is 14.7. The first kappa shape index (κ1) is 24.7. The third-order valence-electron chi connectivity index (χ3n) is 3.29. The second-order valence-corrected chi connectivity index (χ2v) is 5.68. The molecule has 0 saturated heterocycles. The summed E-state index contributed by atoms with van der Waals surface area (Å²) in [4.78, 5) is 68.3. The van der Waals surface area contributed by atoms with Gasteiger partial charge in [-0.1, -0.05) is 0 Å². The molecule has 0 rings (SSSR count). The Morgan fingerprint density at radius 3 is 1.68 bits per heavy atom. The van der Waals surface area contributed by atoms with Gasteiger partial charge in [-0.05, 0) is 6.92 Å². The smallest absolute Gasteiger partial charge is 0.326 e. The van der Waals surface area contributed by atoms with Crippen LogP contribution in [-0.2, 0) is 28.8 Å². The molecule has 9 N–H and O–H groups in total. The Bertz CT molecular complexity index is 638. The monoisotopic (exact) mass is 406 g/mol. The van der Waals surface area contributed by atoms with Gasteiger partial charge in [0.2, 0.25) is 17.7 Å². The van der Waals surface area contributed by atoms with Crippen molar-refractivity contribution < 1.29 is 49.2 Å². The average Bonchev–Trinajstić information content (AvgIpc) is 2.58. The van der Waals surface area contributed by atoms with Crippen molar-refractivity contribution in [3.05, 3.63) is 0 Å². The van der Waals surface area contributed by atoms with Crippen LogP contribution in [-0.4, -0.2) is 86.8 Å². The highest BCUT2D eigenvalue weighted by Crippen LogP contribution is 1.99. The summed E-state index contributed by atoms with van der Waals surface area (Å²) < 4.78 is 0. The molecule has 4 atom stereocenters. The Morgan fingerprint density at radius 1 is 0.786 bits per heavy atom. The van der Waals surface area contributed by atoms with E-state index in [2.05, 4.69) is 5.32 Å². The van der Waals surface area contributed by atoms with Crippen molar-refractivity contribution in [1.82, 2.24) is 16.0 Å². The molecule has 0 radical (unpaired) electrons. The highest BCUT2D eigenvalue weighted by atomic mass is 16.4. The van der Waals surface area contributed by atoms with Gasteiger partial charge in [0.25, 0.3) is 0 Å². The molecule has 28 heavy (non-hydrogen) atoms. The van der Waals surface area contributed by atoms with Crippen LogP contribution in [0.25, 0.3) is 0 Å². The lowest BCUT2D eigenvalue weighted by atomic mass is 10.1. The van der Waals surface area contributed by atoms with E-state index in [1.165, 1.54) is 6.92 Å². The number of carbonyl (C=O) groups excluding carboxylic acids is 3. The van der Waals surface area contributed by atoms with Crippen LogP contribution in [0.2, 0.25) is 0 Å². The van der Waals surface area contributed by atoms with Crippen LogP contribution in [0.3, 0.4) is 0 Å². The molecule has 0 aromatic rings. The molecule has 0 aromatic carbocycles. The summed E-state index contributed by atoms with van der Waals surface area (Å²) in [6, 6.07) is -6.17. The van der Waals surface area contributed by atoms with Crippen molar-refractivity contribution in [3.8, 4) is 0 Å². The summed E-state index contributed by atoms with van der Waals surface area (Å²) in [6.07, 6.45) is -1.91. The number of aliphatic hydroxyl groups is 1. The van der Waals surface area contributed by atoms with Gasteiger partial charge in [-0.2, -0.15) is 0 Å². The minimum Gasteiger partial charge on any atom is -0.481 e. The van der Waals surface area contributed by atoms with Crippen molar-refractivity contribution >= 4 is 35.6 Å². The maximum absolute atomic E-state index is 12.1. The van der Waals surface area contributed by atoms with Crippen molar-refractivity contribution in [1.29, 1.82) is 0 Å². The standard InChI is InChI=1S/C14H22N4O10/c1-5(16-12(25)6(15)4-19)11(24)17-7(2-9(20)21)13(26)18-8(14(27)28)3-10(22)23/h5-8,19H,2-4,15H2,1H3,(H,16,25)(H,17,24)(H,18,26)(H,20,21)(H,22,23)(H,27,28)/t5-,6-,7-,8-/m0/s1. The van der Waals surface area contributed by atoms with E-state index in [9.17, 15) is 28.8 Å². The highest BCUT2D eigenvalue weighted by Gasteiger charge is 2.31. The summed E-state index contributed by atoms with van der Waals surface area (Å²) in [5.41, 5.74) is 5.26. The number of aliphatic carboxylic acids is 3. The number of carboxylic acid groups (broad SMARTS) is 3. The van der Waals surface area contributed by atoms with Gasteiger partial charge in [-0.25, -0.2) is 4.79 Å². The highest BCUT2D eigenvalue weighted by molar-refractivity contribution is 5.95. The first-order valence-corrected chi connectivity index (χ1v) is 7.83. The molecule has 14 heteroatoms. The predicted octanol–water partition coefficient (Wildman–Crippen LogP) is -4.19. The predicted molar refractivity (Wildman–Crippen MR) is 88.7 cm³/mol. The molecule has 0 saturated carbocycles. The van der Waals surface area contributed by atoms with E-state index in [1.54, 1.807) is 0 Å². The Hall–Kier alpha value is -3.26. The van der Waals surface area contributed by atoms with Gasteiger partial charge in [0.15, 0.2) is 0 Å². The van der Waals surface area contributed by atoms with Gasteiger partial charge in [-0.3, -0.25) is 24.0 Å². The Morgan fingerprint density at radius 2 is 1.25 bits per heavy atom. The molecular formula is C14H22N4O10. The van der Waals surface area contributed by atoms with Gasteiger partial charge < -0.3 is 42.1 Å². The zero-order valence-electron chi connectivity index (χ0n) is 14.7. The van der Waals surface area contributed by atoms with Crippen molar-refractivity contribution in [2.24, 2.45) is 5.73 Å². The van der Waals surface area contributed by atoms with Gasteiger partial charge in [0.05, 0.1) is 19.4 Å². The molecule has 0 unspecified atom stereocenters. The second-order valence-electron chi connectivity index (χ2n) is 5.68. The van der Waals surface area contributed by atoms with E-state index in [0.717, 1.165) is 0 Å². The molecule has 0 heterocycles. The minimum atomic E-state index is -1.85. The molecule has 0 aliphatic carbocycles.